The van der Waals surface area contributed by atoms with E-state index in [4.69, 9.17) is 15.7 Å². The van der Waals surface area contributed by atoms with Crippen molar-refractivity contribution in [2.75, 3.05) is 19.7 Å². The van der Waals surface area contributed by atoms with Gasteiger partial charge >= 0.3 is 0 Å². The Labute approximate surface area is 124 Å². The van der Waals surface area contributed by atoms with Gasteiger partial charge in [-0.15, -0.1) is 0 Å². The molecule has 1 heterocycles. The largest absolute Gasteiger partial charge is 0.409 e. The lowest BCUT2D eigenvalue weighted by molar-refractivity contribution is -0.135. The van der Waals surface area contributed by atoms with Gasteiger partial charge in [-0.05, 0) is 30.5 Å². The SMILES string of the molecule is Cc1ccc(CC(=O)N2CCOC(C(N)=NO)C2)cc1C. The van der Waals surface area contributed by atoms with Gasteiger partial charge in [-0.2, -0.15) is 0 Å². The second-order valence-corrected chi connectivity index (χ2v) is 5.32. The van der Waals surface area contributed by atoms with Crippen molar-refractivity contribution in [2.24, 2.45) is 10.9 Å². The van der Waals surface area contributed by atoms with E-state index in [0.29, 0.717) is 26.1 Å². The molecule has 1 fully saturated rings. The molecule has 0 bridgehead atoms. The zero-order valence-electron chi connectivity index (χ0n) is 12.4. The molecule has 2 rings (SSSR count). The number of benzene rings is 1. The Hall–Kier alpha value is -2.08. The third-order valence-corrected chi connectivity index (χ3v) is 3.79. The van der Waals surface area contributed by atoms with Gasteiger partial charge in [0.1, 0.15) is 6.10 Å². The summed E-state index contributed by atoms with van der Waals surface area (Å²) in [4.78, 5) is 14.0. The zero-order chi connectivity index (χ0) is 15.4. The summed E-state index contributed by atoms with van der Waals surface area (Å²) in [6.07, 6.45) is -0.184. The summed E-state index contributed by atoms with van der Waals surface area (Å²) in [5.41, 5.74) is 8.92. The second-order valence-electron chi connectivity index (χ2n) is 5.32. The molecule has 0 aliphatic carbocycles. The van der Waals surface area contributed by atoms with Crippen LogP contribution in [0.3, 0.4) is 0 Å². The minimum atomic E-state index is -0.535. The fraction of sp³-hybridized carbons (Fsp3) is 0.467. The van der Waals surface area contributed by atoms with Gasteiger partial charge in [0.2, 0.25) is 5.91 Å². The third kappa shape index (κ3) is 3.72. The minimum Gasteiger partial charge on any atom is -0.409 e. The summed E-state index contributed by atoms with van der Waals surface area (Å²) in [5, 5.41) is 11.6. The molecule has 1 aliphatic rings. The molecule has 1 atom stereocenters. The van der Waals surface area contributed by atoms with Crippen molar-refractivity contribution in [1.29, 1.82) is 0 Å². The Morgan fingerprint density at radius 3 is 2.90 bits per heavy atom. The van der Waals surface area contributed by atoms with E-state index >= 15 is 0 Å². The Morgan fingerprint density at radius 2 is 2.24 bits per heavy atom. The highest BCUT2D eigenvalue weighted by atomic mass is 16.5. The number of carbonyl (C=O) groups excluding carboxylic acids is 1. The number of hydrogen-bond donors (Lipinski definition) is 2. The van der Waals surface area contributed by atoms with Crippen molar-refractivity contribution in [3.63, 3.8) is 0 Å². The molecule has 1 aromatic carbocycles. The quantitative estimate of drug-likeness (QED) is 0.373. The van der Waals surface area contributed by atoms with Crippen LogP contribution in [-0.2, 0) is 16.0 Å². The minimum absolute atomic E-state index is 0.00122. The molecule has 1 unspecified atom stereocenters. The Morgan fingerprint density at radius 1 is 1.48 bits per heavy atom. The van der Waals surface area contributed by atoms with Crippen molar-refractivity contribution in [3.05, 3.63) is 34.9 Å². The summed E-state index contributed by atoms with van der Waals surface area (Å²) < 4.78 is 5.39. The molecule has 1 aliphatic heterocycles. The number of aryl methyl sites for hydroxylation is 2. The lowest BCUT2D eigenvalue weighted by Crippen LogP contribution is -2.50. The average molecular weight is 291 g/mol. The van der Waals surface area contributed by atoms with Crippen LogP contribution in [0.5, 0.6) is 0 Å². The van der Waals surface area contributed by atoms with Crippen molar-refractivity contribution < 1.29 is 14.7 Å². The van der Waals surface area contributed by atoms with E-state index in [2.05, 4.69) is 5.16 Å². The standard InChI is InChI=1S/C15H21N3O3/c1-10-3-4-12(7-11(10)2)8-14(19)18-5-6-21-13(9-18)15(16)17-20/h3-4,7,13,20H,5-6,8-9H2,1-2H3,(H2,16,17). The van der Waals surface area contributed by atoms with Gasteiger partial charge in [-0.3, -0.25) is 4.79 Å². The third-order valence-electron chi connectivity index (χ3n) is 3.79. The normalized spacial score (nSPS) is 19.6. The van der Waals surface area contributed by atoms with Gasteiger partial charge in [-0.25, -0.2) is 0 Å². The summed E-state index contributed by atoms with van der Waals surface area (Å²) in [6.45, 7) is 5.31. The van der Waals surface area contributed by atoms with Gasteiger partial charge in [0.05, 0.1) is 19.6 Å². The predicted octanol–water partition coefficient (Wildman–Crippen LogP) is 0.820. The number of oxime groups is 1. The van der Waals surface area contributed by atoms with Crippen molar-refractivity contribution in [3.8, 4) is 0 Å². The summed E-state index contributed by atoms with van der Waals surface area (Å²) in [7, 11) is 0. The molecular formula is C15H21N3O3. The maximum atomic E-state index is 12.3. The van der Waals surface area contributed by atoms with Crippen molar-refractivity contribution >= 4 is 11.7 Å². The first-order valence-electron chi connectivity index (χ1n) is 6.94. The van der Waals surface area contributed by atoms with E-state index in [-0.39, 0.29) is 11.7 Å². The molecule has 0 saturated carbocycles. The van der Waals surface area contributed by atoms with Gasteiger partial charge in [-0.1, -0.05) is 23.4 Å². The van der Waals surface area contributed by atoms with E-state index < -0.39 is 6.10 Å². The van der Waals surface area contributed by atoms with Crippen LogP contribution in [0.15, 0.2) is 23.4 Å². The van der Waals surface area contributed by atoms with Crippen molar-refractivity contribution in [2.45, 2.75) is 26.4 Å². The molecule has 6 nitrogen and oxygen atoms in total. The molecule has 0 aromatic heterocycles. The highest BCUT2D eigenvalue weighted by molar-refractivity contribution is 5.86. The van der Waals surface area contributed by atoms with Crippen molar-refractivity contribution in [1.82, 2.24) is 4.90 Å². The molecule has 3 N–H and O–H groups in total. The smallest absolute Gasteiger partial charge is 0.227 e. The van der Waals surface area contributed by atoms with Crippen LogP contribution in [0.2, 0.25) is 0 Å². The van der Waals surface area contributed by atoms with E-state index in [0.717, 1.165) is 5.56 Å². The summed E-state index contributed by atoms with van der Waals surface area (Å²) in [6, 6.07) is 6.03. The molecule has 21 heavy (non-hydrogen) atoms. The second kappa shape index (κ2) is 6.58. The van der Waals surface area contributed by atoms with Gasteiger partial charge in [0, 0.05) is 6.54 Å². The maximum Gasteiger partial charge on any atom is 0.227 e. The van der Waals surface area contributed by atoms with E-state index in [1.54, 1.807) is 4.90 Å². The maximum absolute atomic E-state index is 12.3. The molecule has 1 saturated heterocycles. The van der Waals surface area contributed by atoms with Crippen LogP contribution >= 0.6 is 0 Å². The van der Waals surface area contributed by atoms with Crippen LogP contribution in [0.4, 0.5) is 0 Å². The van der Waals surface area contributed by atoms with Gasteiger partial charge < -0.3 is 20.6 Å². The number of hydrogen-bond acceptors (Lipinski definition) is 4. The number of ether oxygens (including phenoxy) is 1. The van der Waals surface area contributed by atoms with Gasteiger partial charge in [0.25, 0.3) is 0 Å². The van der Waals surface area contributed by atoms with Gasteiger partial charge in [0.15, 0.2) is 5.84 Å². The first-order valence-corrected chi connectivity index (χ1v) is 6.94. The number of rotatable bonds is 3. The van der Waals surface area contributed by atoms with Crippen LogP contribution in [0.25, 0.3) is 0 Å². The molecule has 1 amide bonds. The molecule has 114 valence electrons. The lowest BCUT2D eigenvalue weighted by Gasteiger charge is -2.32. The fourth-order valence-electron chi connectivity index (χ4n) is 2.32. The number of carbonyl (C=O) groups is 1. The highest BCUT2D eigenvalue weighted by Crippen LogP contribution is 2.13. The topological polar surface area (TPSA) is 88.2 Å². The first-order chi connectivity index (χ1) is 10.0. The fourth-order valence-corrected chi connectivity index (χ4v) is 2.32. The number of nitrogens with zero attached hydrogens (tertiary/aromatic N) is 2. The van der Waals surface area contributed by atoms with Crippen LogP contribution in [0, 0.1) is 13.8 Å². The van der Waals surface area contributed by atoms with Crippen LogP contribution in [0.1, 0.15) is 16.7 Å². The van der Waals surface area contributed by atoms with E-state index in [1.807, 2.05) is 32.0 Å². The first kappa shape index (κ1) is 15.3. The summed E-state index contributed by atoms with van der Waals surface area (Å²) >= 11 is 0. The predicted molar refractivity (Wildman–Crippen MR) is 79.3 cm³/mol. The monoisotopic (exact) mass is 291 g/mol. The Kier molecular flexibility index (Phi) is 4.80. The lowest BCUT2D eigenvalue weighted by atomic mass is 10.0. The molecule has 0 spiro atoms. The molecular weight excluding hydrogens is 270 g/mol. The van der Waals surface area contributed by atoms with E-state index in [1.165, 1.54) is 11.1 Å². The number of amides is 1. The zero-order valence-corrected chi connectivity index (χ0v) is 12.4. The Balaban J connectivity index is 2.01. The molecule has 0 radical (unpaired) electrons. The Bertz CT molecular complexity index is 557. The molecule has 6 heteroatoms. The van der Waals surface area contributed by atoms with Crippen LogP contribution in [-0.4, -0.2) is 47.7 Å². The molecule has 1 aromatic rings. The van der Waals surface area contributed by atoms with E-state index in [9.17, 15) is 4.79 Å². The number of morpholine rings is 1. The van der Waals surface area contributed by atoms with Crippen LogP contribution < -0.4 is 5.73 Å². The average Bonchev–Trinajstić information content (AvgIpc) is 2.50. The number of nitrogens with two attached hydrogens (primary N) is 1. The number of amidine groups is 1. The summed E-state index contributed by atoms with van der Waals surface area (Å²) in [5.74, 6) is 0.0240. The highest BCUT2D eigenvalue weighted by Gasteiger charge is 2.26.